The van der Waals surface area contributed by atoms with E-state index in [9.17, 15) is 9.59 Å². The first-order valence-electron chi connectivity index (χ1n) is 7.21. The van der Waals surface area contributed by atoms with E-state index in [1.807, 2.05) is 51.1 Å². The summed E-state index contributed by atoms with van der Waals surface area (Å²) in [6.45, 7) is 6.49. The summed E-state index contributed by atoms with van der Waals surface area (Å²) < 4.78 is 0. The number of imide groups is 1. The Labute approximate surface area is 120 Å². The van der Waals surface area contributed by atoms with E-state index < -0.39 is 5.54 Å². The summed E-state index contributed by atoms with van der Waals surface area (Å²) in [6.07, 6.45) is 1.45. The van der Waals surface area contributed by atoms with E-state index in [1.54, 1.807) is 0 Å². The van der Waals surface area contributed by atoms with Crippen LogP contribution >= 0.6 is 0 Å². The molecule has 4 heteroatoms. The predicted octanol–water partition coefficient (Wildman–Crippen LogP) is 2.89. The highest BCUT2D eigenvalue weighted by atomic mass is 16.2. The number of amides is 3. The zero-order valence-electron chi connectivity index (χ0n) is 12.3. The SMILES string of the molecule is CCC[C@@]1(c2ccccc2)NC(=O)N(CC(C)C)C1=O. The summed E-state index contributed by atoms with van der Waals surface area (Å²) in [7, 11) is 0. The molecule has 1 heterocycles. The number of carbonyl (C=O) groups excluding carboxylic acids is 2. The van der Waals surface area contributed by atoms with Crippen LogP contribution in [0.1, 0.15) is 39.2 Å². The third kappa shape index (κ3) is 2.42. The van der Waals surface area contributed by atoms with Gasteiger partial charge in [-0.25, -0.2) is 4.79 Å². The first kappa shape index (κ1) is 14.6. The lowest BCUT2D eigenvalue weighted by Crippen LogP contribution is -2.44. The average Bonchev–Trinajstić information content (AvgIpc) is 2.65. The van der Waals surface area contributed by atoms with Crippen LogP contribution in [0.5, 0.6) is 0 Å². The van der Waals surface area contributed by atoms with Crippen molar-refractivity contribution in [3.8, 4) is 0 Å². The van der Waals surface area contributed by atoms with Gasteiger partial charge in [0.05, 0.1) is 0 Å². The van der Waals surface area contributed by atoms with Crippen molar-refractivity contribution in [3.63, 3.8) is 0 Å². The number of nitrogens with zero attached hydrogens (tertiary/aromatic N) is 1. The summed E-state index contributed by atoms with van der Waals surface area (Å²) in [5.41, 5.74) is -0.0198. The van der Waals surface area contributed by atoms with Crippen LogP contribution < -0.4 is 5.32 Å². The summed E-state index contributed by atoms with van der Waals surface area (Å²) >= 11 is 0. The van der Waals surface area contributed by atoms with Gasteiger partial charge in [-0.15, -0.1) is 0 Å². The van der Waals surface area contributed by atoms with Crippen molar-refractivity contribution in [3.05, 3.63) is 35.9 Å². The van der Waals surface area contributed by atoms with Crippen molar-refractivity contribution in [1.82, 2.24) is 10.2 Å². The van der Waals surface area contributed by atoms with E-state index >= 15 is 0 Å². The number of hydrogen-bond donors (Lipinski definition) is 1. The van der Waals surface area contributed by atoms with Crippen LogP contribution in [-0.4, -0.2) is 23.4 Å². The number of rotatable bonds is 5. The van der Waals surface area contributed by atoms with Gasteiger partial charge in [0.2, 0.25) is 0 Å². The van der Waals surface area contributed by atoms with Crippen molar-refractivity contribution in [2.24, 2.45) is 5.92 Å². The van der Waals surface area contributed by atoms with Gasteiger partial charge in [-0.1, -0.05) is 57.5 Å². The minimum Gasteiger partial charge on any atom is -0.319 e. The van der Waals surface area contributed by atoms with E-state index in [4.69, 9.17) is 0 Å². The maximum absolute atomic E-state index is 12.8. The molecule has 1 aliphatic rings. The normalized spacial score (nSPS) is 22.5. The number of hydrogen-bond acceptors (Lipinski definition) is 2. The summed E-state index contributed by atoms with van der Waals surface area (Å²) in [6, 6.07) is 9.26. The van der Waals surface area contributed by atoms with E-state index in [2.05, 4.69) is 5.32 Å². The number of nitrogens with one attached hydrogen (secondary N) is 1. The fourth-order valence-electron chi connectivity index (χ4n) is 2.76. The number of urea groups is 1. The van der Waals surface area contributed by atoms with Crippen molar-refractivity contribution >= 4 is 11.9 Å². The Balaban J connectivity index is 2.40. The van der Waals surface area contributed by atoms with Gasteiger partial charge in [0.1, 0.15) is 5.54 Å². The molecule has 3 amide bonds. The molecule has 20 heavy (non-hydrogen) atoms. The second-order valence-corrected chi connectivity index (χ2v) is 5.76. The van der Waals surface area contributed by atoms with E-state index in [0.717, 1.165) is 12.0 Å². The Morgan fingerprint density at radius 2 is 1.85 bits per heavy atom. The third-order valence-electron chi connectivity index (χ3n) is 3.62. The lowest BCUT2D eigenvalue weighted by atomic mass is 9.85. The fourth-order valence-corrected chi connectivity index (χ4v) is 2.76. The molecule has 0 unspecified atom stereocenters. The van der Waals surface area contributed by atoms with Gasteiger partial charge in [-0.05, 0) is 17.9 Å². The van der Waals surface area contributed by atoms with E-state index in [-0.39, 0.29) is 17.9 Å². The Bertz CT molecular complexity index is 498. The molecule has 1 atom stereocenters. The minimum atomic E-state index is -0.887. The second-order valence-electron chi connectivity index (χ2n) is 5.76. The molecule has 0 spiro atoms. The van der Waals surface area contributed by atoms with Crippen molar-refractivity contribution in [2.45, 2.75) is 39.2 Å². The lowest BCUT2D eigenvalue weighted by Gasteiger charge is -2.27. The molecular weight excluding hydrogens is 252 g/mol. The quantitative estimate of drug-likeness (QED) is 0.839. The highest BCUT2D eigenvalue weighted by molar-refractivity contribution is 6.07. The molecule has 1 aromatic carbocycles. The van der Waals surface area contributed by atoms with Crippen LogP contribution in [0.2, 0.25) is 0 Å². The Morgan fingerprint density at radius 3 is 2.40 bits per heavy atom. The van der Waals surface area contributed by atoms with Gasteiger partial charge >= 0.3 is 6.03 Å². The van der Waals surface area contributed by atoms with Crippen LogP contribution in [0.3, 0.4) is 0 Å². The van der Waals surface area contributed by atoms with Crippen molar-refractivity contribution < 1.29 is 9.59 Å². The third-order valence-corrected chi connectivity index (χ3v) is 3.62. The van der Waals surface area contributed by atoms with Crippen molar-refractivity contribution in [1.29, 1.82) is 0 Å². The van der Waals surface area contributed by atoms with Crippen LogP contribution in [0.25, 0.3) is 0 Å². The highest BCUT2D eigenvalue weighted by Crippen LogP contribution is 2.33. The summed E-state index contributed by atoms with van der Waals surface area (Å²) in [5, 5.41) is 2.93. The zero-order valence-corrected chi connectivity index (χ0v) is 12.3. The van der Waals surface area contributed by atoms with E-state index in [1.165, 1.54) is 4.90 Å². The average molecular weight is 274 g/mol. The molecule has 1 saturated heterocycles. The monoisotopic (exact) mass is 274 g/mol. The molecule has 1 aromatic rings. The van der Waals surface area contributed by atoms with Crippen molar-refractivity contribution in [2.75, 3.05) is 6.54 Å². The van der Waals surface area contributed by atoms with Crippen LogP contribution in [-0.2, 0) is 10.3 Å². The molecule has 4 nitrogen and oxygen atoms in total. The van der Waals surface area contributed by atoms with Crippen LogP contribution in [0.4, 0.5) is 4.79 Å². The molecule has 108 valence electrons. The van der Waals surface area contributed by atoms with Crippen LogP contribution in [0, 0.1) is 5.92 Å². The maximum atomic E-state index is 12.8. The molecular formula is C16H22N2O2. The summed E-state index contributed by atoms with van der Waals surface area (Å²) in [5.74, 6) is 0.141. The molecule has 1 aliphatic heterocycles. The maximum Gasteiger partial charge on any atom is 0.325 e. The molecule has 1 N–H and O–H groups in total. The lowest BCUT2D eigenvalue weighted by molar-refractivity contribution is -0.132. The molecule has 0 radical (unpaired) electrons. The Kier molecular flexibility index (Phi) is 4.12. The molecule has 2 rings (SSSR count). The fraction of sp³-hybridized carbons (Fsp3) is 0.500. The van der Waals surface area contributed by atoms with Crippen LogP contribution in [0.15, 0.2) is 30.3 Å². The Morgan fingerprint density at radius 1 is 1.20 bits per heavy atom. The van der Waals surface area contributed by atoms with Gasteiger partial charge in [0.25, 0.3) is 5.91 Å². The predicted molar refractivity (Wildman–Crippen MR) is 78.1 cm³/mol. The molecule has 1 fully saturated rings. The standard InChI is InChI=1S/C16H22N2O2/c1-4-10-16(13-8-6-5-7-9-13)14(19)18(11-12(2)3)15(20)17-16/h5-9,12H,4,10-11H2,1-3H3,(H,17,20)/t16-/m0/s1. The van der Waals surface area contributed by atoms with Gasteiger partial charge in [0, 0.05) is 6.54 Å². The van der Waals surface area contributed by atoms with Gasteiger partial charge < -0.3 is 5.32 Å². The summed E-state index contributed by atoms with van der Waals surface area (Å²) in [4.78, 5) is 26.3. The zero-order chi connectivity index (χ0) is 14.8. The van der Waals surface area contributed by atoms with Gasteiger partial charge in [-0.3, -0.25) is 9.69 Å². The smallest absolute Gasteiger partial charge is 0.319 e. The van der Waals surface area contributed by atoms with E-state index in [0.29, 0.717) is 13.0 Å². The topological polar surface area (TPSA) is 49.4 Å². The largest absolute Gasteiger partial charge is 0.325 e. The Hall–Kier alpha value is -1.84. The van der Waals surface area contributed by atoms with Gasteiger partial charge in [-0.2, -0.15) is 0 Å². The number of benzene rings is 1. The second kappa shape index (κ2) is 5.65. The highest BCUT2D eigenvalue weighted by Gasteiger charge is 2.51. The van der Waals surface area contributed by atoms with Gasteiger partial charge in [0.15, 0.2) is 0 Å². The first-order valence-corrected chi connectivity index (χ1v) is 7.21. The molecule has 0 aromatic heterocycles. The molecule has 0 aliphatic carbocycles. The molecule has 0 saturated carbocycles. The minimum absolute atomic E-state index is 0.121. The molecule has 0 bridgehead atoms. The number of carbonyl (C=O) groups is 2. The first-order chi connectivity index (χ1) is 9.51.